The maximum Gasteiger partial charge on any atom is 0.338 e. The molecule has 0 fully saturated rings. The number of hydrogen-bond donors (Lipinski definition) is 0. The fourth-order valence-electron chi connectivity index (χ4n) is 0.875. The Kier molecular flexibility index (Phi) is 5.94. The van der Waals surface area contributed by atoms with E-state index in [9.17, 15) is 4.79 Å². The second kappa shape index (κ2) is 6.46. The quantitative estimate of drug-likeness (QED) is 0.371. The average Bonchev–Trinajstić information content (AvgIpc) is 2.05. The van der Waals surface area contributed by atoms with E-state index in [-0.39, 0.29) is 5.97 Å². The molecule has 2 heteroatoms. The van der Waals surface area contributed by atoms with Gasteiger partial charge in [0.2, 0.25) is 0 Å². The van der Waals surface area contributed by atoms with Crippen LogP contribution >= 0.6 is 0 Å². The summed E-state index contributed by atoms with van der Waals surface area (Å²) in [6, 6.07) is 0. The van der Waals surface area contributed by atoms with Crippen LogP contribution in [0.1, 0.15) is 40.0 Å². The van der Waals surface area contributed by atoms with Crippen molar-refractivity contribution in [3.05, 3.63) is 24.0 Å². The summed E-state index contributed by atoms with van der Waals surface area (Å²) in [7, 11) is 0. The molecule has 0 aromatic rings. The fraction of sp³-hybridized carbons (Fsp3) is 0.545. The van der Waals surface area contributed by atoms with Gasteiger partial charge in [-0.3, -0.25) is 0 Å². The zero-order valence-electron chi connectivity index (χ0n) is 8.72. The lowest BCUT2D eigenvalue weighted by molar-refractivity contribution is -0.135. The minimum Gasteiger partial charge on any atom is -0.428 e. The molecule has 74 valence electrons. The van der Waals surface area contributed by atoms with Gasteiger partial charge in [-0.2, -0.15) is 0 Å². The largest absolute Gasteiger partial charge is 0.428 e. The van der Waals surface area contributed by atoms with E-state index >= 15 is 0 Å². The molecule has 0 aliphatic rings. The highest BCUT2D eigenvalue weighted by Crippen LogP contribution is 2.10. The van der Waals surface area contributed by atoms with E-state index in [4.69, 9.17) is 4.74 Å². The summed E-state index contributed by atoms with van der Waals surface area (Å²) in [5.74, 6) is 0.436. The number of hydrogen-bond acceptors (Lipinski definition) is 2. The second-order valence-electron chi connectivity index (χ2n) is 3.00. The monoisotopic (exact) mass is 182 g/mol. The van der Waals surface area contributed by atoms with Crippen molar-refractivity contribution in [3.8, 4) is 0 Å². The van der Waals surface area contributed by atoms with E-state index in [1.807, 2.05) is 13.0 Å². The lowest BCUT2D eigenvalue weighted by Crippen LogP contribution is -2.04. The van der Waals surface area contributed by atoms with E-state index < -0.39 is 0 Å². The van der Waals surface area contributed by atoms with E-state index in [2.05, 4.69) is 13.5 Å². The van der Waals surface area contributed by atoms with Gasteiger partial charge in [0.25, 0.3) is 0 Å². The maximum absolute atomic E-state index is 11.1. The van der Waals surface area contributed by atoms with Crippen molar-refractivity contribution in [2.24, 2.45) is 0 Å². The van der Waals surface area contributed by atoms with Crippen LogP contribution in [-0.2, 0) is 9.53 Å². The molecule has 0 bridgehead atoms. The Bertz CT molecular complexity index is 214. The first-order valence-electron chi connectivity index (χ1n) is 4.68. The summed E-state index contributed by atoms with van der Waals surface area (Å²) in [5.41, 5.74) is 0.443. The molecule has 0 N–H and O–H groups in total. The van der Waals surface area contributed by atoms with Gasteiger partial charge in [-0.1, -0.05) is 20.4 Å². The minimum atomic E-state index is -0.326. The van der Waals surface area contributed by atoms with Gasteiger partial charge < -0.3 is 4.74 Å². The minimum absolute atomic E-state index is 0.326. The van der Waals surface area contributed by atoms with E-state index in [0.29, 0.717) is 5.57 Å². The van der Waals surface area contributed by atoms with Crippen LogP contribution in [0.3, 0.4) is 0 Å². The number of rotatable bonds is 5. The predicted molar refractivity (Wildman–Crippen MR) is 54.2 cm³/mol. The molecule has 0 aromatic heterocycles. The molecule has 0 unspecified atom stereocenters. The first-order chi connectivity index (χ1) is 6.11. The lowest BCUT2D eigenvalue weighted by Gasteiger charge is -2.06. The van der Waals surface area contributed by atoms with Crippen molar-refractivity contribution in [1.29, 1.82) is 0 Å². The Morgan fingerprint density at radius 2 is 2.08 bits per heavy atom. The van der Waals surface area contributed by atoms with Crippen molar-refractivity contribution in [3.63, 3.8) is 0 Å². The molecule has 0 saturated carbocycles. The van der Waals surface area contributed by atoms with Crippen molar-refractivity contribution >= 4 is 5.97 Å². The number of carbonyl (C=O) groups is 1. The lowest BCUT2D eigenvalue weighted by atomic mass is 10.2. The summed E-state index contributed by atoms with van der Waals surface area (Å²) >= 11 is 0. The van der Waals surface area contributed by atoms with Gasteiger partial charge in [-0.05, 0) is 25.8 Å². The third-order valence-electron chi connectivity index (χ3n) is 1.50. The van der Waals surface area contributed by atoms with Gasteiger partial charge in [0.05, 0.1) is 0 Å². The van der Waals surface area contributed by atoms with E-state index in [1.54, 1.807) is 6.92 Å². The molecular formula is C11H18O2. The van der Waals surface area contributed by atoms with Crippen molar-refractivity contribution < 1.29 is 9.53 Å². The zero-order valence-corrected chi connectivity index (χ0v) is 8.72. The SMILES string of the molecule is C=C(C)C(=O)OC(=CCC)CCC. The van der Waals surface area contributed by atoms with Crippen LogP contribution in [0.4, 0.5) is 0 Å². The van der Waals surface area contributed by atoms with Gasteiger partial charge in [0, 0.05) is 12.0 Å². The Hall–Kier alpha value is -1.05. The van der Waals surface area contributed by atoms with E-state index in [0.717, 1.165) is 25.0 Å². The molecule has 0 aromatic carbocycles. The molecule has 0 radical (unpaired) electrons. The molecule has 0 amide bonds. The predicted octanol–water partition coefficient (Wildman–Crippen LogP) is 3.20. The van der Waals surface area contributed by atoms with Gasteiger partial charge >= 0.3 is 5.97 Å². The molecule has 13 heavy (non-hydrogen) atoms. The summed E-state index contributed by atoms with van der Waals surface area (Å²) in [5, 5.41) is 0. The first kappa shape index (κ1) is 11.9. The van der Waals surface area contributed by atoms with Crippen molar-refractivity contribution in [1.82, 2.24) is 0 Å². The Morgan fingerprint density at radius 1 is 1.46 bits per heavy atom. The highest BCUT2D eigenvalue weighted by atomic mass is 16.5. The average molecular weight is 182 g/mol. The van der Waals surface area contributed by atoms with Crippen LogP contribution in [-0.4, -0.2) is 5.97 Å². The van der Waals surface area contributed by atoms with Crippen LogP contribution in [0.2, 0.25) is 0 Å². The molecule has 0 saturated heterocycles. The van der Waals surface area contributed by atoms with Crippen LogP contribution in [0.25, 0.3) is 0 Å². The standard InChI is InChI=1S/C11H18O2/c1-5-7-10(8-6-2)13-11(12)9(3)4/h7H,3,5-6,8H2,1-2,4H3. The molecule has 0 aliphatic carbocycles. The van der Waals surface area contributed by atoms with Crippen LogP contribution in [0.5, 0.6) is 0 Å². The van der Waals surface area contributed by atoms with Crippen molar-refractivity contribution in [2.75, 3.05) is 0 Å². The van der Waals surface area contributed by atoms with Gasteiger partial charge in [-0.25, -0.2) is 4.79 Å². The van der Waals surface area contributed by atoms with Gasteiger partial charge in [-0.15, -0.1) is 0 Å². The number of carbonyl (C=O) groups excluding carboxylic acids is 1. The Balaban J connectivity index is 4.18. The Labute approximate surface area is 80.3 Å². The molecule has 0 aliphatic heterocycles. The van der Waals surface area contributed by atoms with Crippen LogP contribution in [0.15, 0.2) is 24.0 Å². The third-order valence-corrected chi connectivity index (χ3v) is 1.50. The van der Waals surface area contributed by atoms with Crippen LogP contribution in [0, 0.1) is 0 Å². The molecule has 0 heterocycles. The second-order valence-corrected chi connectivity index (χ2v) is 3.00. The number of ether oxygens (including phenoxy) is 1. The Morgan fingerprint density at radius 3 is 2.46 bits per heavy atom. The van der Waals surface area contributed by atoms with Crippen LogP contribution < -0.4 is 0 Å². The molecular weight excluding hydrogens is 164 g/mol. The fourth-order valence-corrected chi connectivity index (χ4v) is 0.875. The summed E-state index contributed by atoms with van der Waals surface area (Å²) in [6.45, 7) is 9.25. The highest BCUT2D eigenvalue weighted by molar-refractivity contribution is 5.87. The number of allylic oxidation sites excluding steroid dienone is 2. The summed E-state index contributed by atoms with van der Waals surface area (Å²) in [6.07, 6.45) is 4.62. The van der Waals surface area contributed by atoms with Crippen molar-refractivity contribution in [2.45, 2.75) is 40.0 Å². The molecule has 0 atom stereocenters. The zero-order chi connectivity index (χ0) is 10.3. The summed E-state index contributed by atoms with van der Waals surface area (Å²) < 4.78 is 5.12. The van der Waals surface area contributed by atoms with E-state index in [1.165, 1.54) is 0 Å². The smallest absolute Gasteiger partial charge is 0.338 e. The normalized spacial score (nSPS) is 11.2. The first-order valence-corrected chi connectivity index (χ1v) is 4.68. The van der Waals surface area contributed by atoms with Gasteiger partial charge in [0.15, 0.2) is 0 Å². The molecule has 2 nitrogen and oxygen atoms in total. The number of esters is 1. The molecule has 0 rings (SSSR count). The third kappa shape index (κ3) is 5.23. The summed E-state index contributed by atoms with van der Waals surface area (Å²) in [4.78, 5) is 11.1. The van der Waals surface area contributed by atoms with Gasteiger partial charge in [0.1, 0.15) is 5.76 Å². The maximum atomic E-state index is 11.1. The topological polar surface area (TPSA) is 26.3 Å². The highest BCUT2D eigenvalue weighted by Gasteiger charge is 2.06. The molecule has 0 spiro atoms.